The van der Waals surface area contributed by atoms with Crippen molar-refractivity contribution >= 4 is 11.6 Å². The van der Waals surface area contributed by atoms with Gasteiger partial charge in [-0.3, -0.25) is 14.9 Å². The molecule has 0 fully saturated rings. The number of rotatable bonds is 2. The van der Waals surface area contributed by atoms with E-state index in [-0.39, 0.29) is 11.3 Å². The first-order chi connectivity index (χ1) is 6.63. The van der Waals surface area contributed by atoms with Crippen LogP contribution in [0.4, 0.5) is 5.69 Å². The minimum atomic E-state index is -0.790. The lowest BCUT2D eigenvalue weighted by molar-refractivity contribution is -0.385. The number of para-hydroxylation sites is 1. The summed E-state index contributed by atoms with van der Waals surface area (Å²) in [6.45, 7) is 4.00. The SMILES string of the molecule is CC.NC(=O)c1ccccc1[N+](=O)[O-]. The first kappa shape index (κ1) is 12.1. The molecular weight excluding hydrogens is 184 g/mol. The lowest BCUT2D eigenvalue weighted by Gasteiger charge is -1.95. The van der Waals surface area contributed by atoms with Crippen LogP contribution in [0.3, 0.4) is 0 Å². The highest BCUT2D eigenvalue weighted by Crippen LogP contribution is 2.16. The summed E-state index contributed by atoms with van der Waals surface area (Å²) < 4.78 is 0. The van der Waals surface area contributed by atoms with Crippen molar-refractivity contribution in [1.82, 2.24) is 0 Å². The minimum absolute atomic E-state index is 0.0671. The molecule has 0 aliphatic rings. The van der Waals surface area contributed by atoms with Crippen LogP contribution in [0.15, 0.2) is 24.3 Å². The lowest BCUT2D eigenvalue weighted by atomic mass is 10.2. The van der Waals surface area contributed by atoms with Crippen LogP contribution in [0.25, 0.3) is 0 Å². The summed E-state index contributed by atoms with van der Waals surface area (Å²) in [5.41, 5.74) is 4.58. The molecule has 1 rings (SSSR count). The Kier molecular flexibility index (Phi) is 4.91. The number of carbonyl (C=O) groups is 1. The fraction of sp³-hybridized carbons (Fsp3) is 0.222. The van der Waals surface area contributed by atoms with Crippen LogP contribution >= 0.6 is 0 Å². The number of primary amides is 1. The van der Waals surface area contributed by atoms with Gasteiger partial charge in [-0.2, -0.15) is 0 Å². The predicted molar refractivity (Wildman–Crippen MR) is 53.0 cm³/mol. The van der Waals surface area contributed by atoms with E-state index in [1.165, 1.54) is 24.3 Å². The number of hydrogen-bond donors (Lipinski definition) is 1. The van der Waals surface area contributed by atoms with Gasteiger partial charge in [-0.25, -0.2) is 0 Å². The van der Waals surface area contributed by atoms with Crippen molar-refractivity contribution in [3.8, 4) is 0 Å². The second-order valence-corrected chi connectivity index (χ2v) is 2.14. The molecule has 0 aromatic heterocycles. The molecule has 0 heterocycles. The molecule has 0 spiro atoms. The Labute approximate surface area is 81.7 Å². The van der Waals surface area contributed by atoms with Crippen molar-refractivity contribution in [2.45, 2.75) is 13.8 Å². The Morgan fingerprint density at radius 2 is 1.86 bits per heavy atom. The Bertz CT molecular complexity index is 304. The van der Waals surface area contributed by atoms with Crippen molar-refractivity contribution in [2.75, 3.05) is 0 Å². The van der Waals surface area contributed by atoms with Crippen molar-refractivity contribution < 1.29 is 9.72 Å². The Balaban J connectivity index is 0.000000791. The molecule has 76 valence electrons. The normalized spacial score (nSPS) is 8.43. The zero-order chi connectivity index (χ0) is 11.1. The predicted octanol–water partition coefficient (Wildman–Crippen LogP) is 1.72. The molecule has 0 unspecified atom stereocenters. The summed E-state index contributed by atoms with van der Waals surface area (Å²) in [6.07, 6.45) is 0. The fourth-order valence-electron chi connectivity index (χ4n) is 0.841. The number of benzene rings is 1. The van der Waals surface area contributed by atoms with Gasteiger partial charge in [0.25, 0.3) is 11.6 Å². The number of nitro benzene ring substituents is 1. The third kappa shape index (κ3) is 2.85. The van der Waals surface area contributed by atoms with Crippen molar-refractivity contribution in [1.29, 1.82) is 0 Å². The number of nitrogens with zero attached hydrogens (tertiary/aromatic N) is 1. The molecule has 0 saturated heterocycles. The molecule has 5 nitrogen and oxygen atoms in total. The lowest BCUT2D eigenvalue weighted by Crippen LogP contribution is -2.12. The highest BCUT2D eigenvalue weighted by atomic mass is 16.6. The van der Waals surface area contributed by atoms with E-state index >= 15 is 0 Å². The van der Waals surface area contributed by atoms with E-state index < -0.39 is 10.8 Å². The Morgan fingerprint density at radius 3 is 2.21 bits per heavy atom. The molecule has 1 amide bonds. The van der Waals surface area contributed by atoms with Gasteiger partial charge in [0.15, 0.2) is 0 Å². The Hall–Kier alpha value is -1.91. The maximum Gasteiger partial charge on any atom is 0.282 e. The molecular formula is C9H12N2O3. The summed E-state index contributed by atoms with van der Waals surface area (Å²) in [5, 5.41) is 10.3. The summed E-state index contributed by atoms with van der Waals surface area (Å²) in [4.78, 5) is 20.3. The van der Waals surface area contributed by atoms with E-state index in [4.69, 9.17) is 5.73 Å². The van der Waals surface area contributed by atoms with Crippen LogP contribution in [-0.2, 0) is 0 Å². The molecule has 2 N–H and O–H groups in total. The van der Waals surface area contributed by atoms with Crippen LogP contribution in [-0.4, -0.2) is 10.8 Å². The van der Waals surface area contributed by atoms with Gasteiger partial charge < -0.3 is 5.73 Å². The summed E-state index contributed by atoms with van der Waals surface area (Å²) in [6, 6.07) is 5.55. The average molecular weight is 196 g/mol. The molecule has 14 heavy (non-hydrogen) atoms. The molecule has 0 aliphatic carbocycles. The van der Waals surface area contributed by atoms with E-state index in [1.54, 1.807) is 0 Å². The molecule has 0 aliphatic heterocycles. The number of nitro groups is 1. The summed E-state index contributed by atoms with van der Waals surface area (Å²) in [7, 11) is 0. The van der Waals surface area contributed by atoms with Crippen LogP contribution in [0.1, 0.15) is 24.2 Å². The standard InChI is InChI=1S/C7H6N2O3.C2H6/c8-7(10)5-3-1-2-4-6(5)9(11)12;1-2/h1-4H,(H2,8,10);1-2H3. The van der Waals surface area contributed by atoms with Gasteiger partial charge in [-0.15, -0.1) is 0 Å². The molecule has 0 radical (unpaired) electrons. The van der Waals surface area contributed by atoms with Gasteiger partial charge in [0.05, 0.1) is 4.92 Å². The van der Waals surface area contributed by atoms with E-state index in [1.807, 2.05) is 13.8 Å². The molecule has 0 atom stereocenters. The van der Waals surface area contributed by atoms with Gasteiger partial charge in [0.1, 0.15) is 5.56 Å². The molecule has 0 bridgehead atoms. The van der Waals surface area contributed by atoms with Gasteiger partial charge in [0, 0.05) is 6.07 Å². The van der Waals surface area contributed by atoms with Crippen LogP contribution < -0.4 is 5.73 Å². The van der Waals surface area contributed by atoms with Gasteiger partial charge >= 0.3 is 0 Å². The van der Waals surface area contributed by atoms with Crippen molar-refractivity contribution in [3.05, 3.63) is 39.9 Å². The maximum absolute atomic E-state index is 10.6. The minimum Gasteiger partial charge on any atom is -0.365 e. The molecule has 0 saturated carbocycles. The third-order valence-electron chi connectivity index (χ3n) is 1.37. The maximum atomic E-state index is 10.6. The highest BCUT2D eigenvalue weighted by Gasteiger charge is 2.15. The first-order valence-electron chi connectivity index (χ1n) is 4.16. The van der Waals surface area contributed by atoms with E-state index in [9.17, 15) is 14.9 Å². The number of amides is 1. The smallest absolute Gasteiger partial charge is 0.282 e. The largest absolute Gasteiger partial charge is 0.365 e. The first-order valence-corrected chi connectivity index (χ1v) is 4.16. The zero-order valence-electron chi connectivity index (χ0n) is 8.06. The Morgan fingerprint density at radius 1 is 1.36 bits per heavy atom. The van der Waals surface area contributed by atoms with E-state index in [0.29, 0.717) is 0 Å². The summed E-state index contributed by atoms with van der Waals surface area (Å²) in [5.74, 6) is -0.790. The van der Waals surface area contributed by atoms with Crippen LogP contribution in [0.2, 0.25) is 0 Å². The van der Waals surface area contributed by atoms with E-state index in [2.05, 4.69) is 0 Å². The fourth-order valence-corrected chi connectivity index (χ4v) is 0.841. The highest BCUT2D eigenvalue weighted by molar-refractivity contribution is 5.96. The monoisotopic (exact) mass is 196 g/mol. The van der Waals surface area contributed by atoms with E-state index in [0.717, 1.165) is 0 Å². The average Bonchev–Trinajstić information content (AvgIpc) is 2.20. The number of nitrogens with two attached hydrogens (primary N) is 1. The number of hydrogen-bond acceptors (Lipinski definition) is 3. The van der Waals surface area contributed by atoms with Gasteiger partial charge in [-0.1, -0.05) is 26.0 Å². The quantitative estimate of drug-likeness (QED) is 0.577. The molecule has 1 aromatic rings. The number of carbonyl (C=O) groups excluding carboxylic acids is 1. The topological polar surface area (TPSA) is 86.2 Å². The van der Waals surface area contributed by atoms with Crippen LogP contribution in [0.5, 0.6) is 0 Å². The second kappa shape index (κ2) is 5.69. The third-order valence-corrected chi connectivity index (χ3v) is 1.37. The van der Waals surface area contributed by atoms with Gasteiger partial charge in [0.2, 0.25) is 0 Å². The van der Waals surface area contributed by atoms with Crippen molar-refractivity contribution in [2.24, 2.45) is 5.73 Å². The van der Waals surface area contributed by atoms with Gasteiger partial charge in [-0.05, 0) is 6.07 Å². The molecule has 1 aromatic carbocycles. The zero-order valence-corrected chi connectivity index (χ0v) is 8.06. The van der Waals surface area contributed by atoms with Crippen LogP contribution in [0, 0.1) is 10.1 Å². The summed E-state index contributed by atoms with van der Waals surface area (Å²) >= 11 is 0. The van der Waals surface area contributed by atoms with Crippen molar-refractivity contribution in [3.63, 3.8) is 0 Å². The molecule has 5 heteroatoms. The second-order valence-electron chi connectivity index (χ2n) is 2.14.